The van der Waals surface area contributed by atoms with Crippen molar-refractivity contribution in [3.63, 3.8) is 0 Å². The van der Waals surface area contributed by atoms with Crippen molar-refractivity contribution in [1.82, 2.24) is 4.72 Å². The summed E-state index contributed by atoms with van der Waals surface area (Å²) in [6, 6.07) is 4.14. The number of aliphatic hydroxyl groups is 1. The maximum Gasteiger partial charge on any atom is 0.240 e. The van der Waals surface area contributed by atoms with Crippen LogP contribution >= 0.6 is 23.2 Å². The number of halogens is 2. The lowest BCUT2D eigenvalue weighted by atomic mass is 9.80. The van der Waals surface area contributed by atoms with E-state index in [0.717, 1.165) is 12.8 Å². The second kappa shape index (κ2) is 6.42. The third-order valence-electron chi connectivity index (χ3n) is 4.00. The van der Waals surface area contributed by atoms with Gasteiger partial charge in [0.25, 0.3) is 0 Å². The summed E-state index contributed by atoms with van der Waals surface area (Å²) in [4.78, 5) is 0.0460. The number of benzene rings is 1. The smallest absolute Gasteiger partial charge is 0.240 e. The van der Waals surface area contributed by atoms with Gasteiger partial charge in [-0.15, -0.1) is 0 Å². The van der Waals surface area contributed by atoms with Gasteiger partial charge in [-0.25, -0.2) is 13.1 Å². The Balaban J connectivity index is 2.06. The summed E-state index contributed by atoms with van der Waals surface area (Å²) < 4.78 is 26.9. The van der Waals surface area contributed by atoms with Crippen LogP contribution in [0.4, 0.5) is 0 Å². The van der Waals surface area contributed by atoms with Gasteiger partial charge in [0, 0.05) is 6.54 Å². The van der Waals surface area contributed by atoms with Gasteiger partial charge in [0.1, 0.15) is 0 Å². The van der Waals surface area contributed by atoms with Crippen LogP contribution in [0, 0.1) is 5.92 Å². The van der Waals surface area contributed by atoms with Crippen molar-refractivity contribution in [1.29, 1.82) is 0 Å². The van der Waals surface area contributed by atoms with Crippen molar-refractivity contribution in [2.24, 2.45) is 5.92 Å². The minimum Gasteiger partial charge on any atom is -0.389 e. The topological polar surface area (TPSA) is 66.4 Å². The van der Waals surface area contributed by atoms with Crippen molar-refractivity contribution < 1.29 is 13.5 Å². The molecule has 7 heteroatoms. The first-order chi connectivity index (χ1) is 9.72. The zero-order valence-corrected chi connectivity index (χ0v) is 14.1. The third-order valence-corrected chi connectivity index (χ3v) is 6.14. The summed E-state index contributed by atoms with van der Waals surface area (Å²) in [5, 5.41) is 10.9. The van der Waals surface area contributed by atoms with Crippen LogP contribution in [0.3, 0.4) is 0 Å². The van der Waals surface area contributed by atoms with E-state index >= 15 is 0 Å². The maximum absolute atomic E-state index is 12.2. The highest BCUT2D eigenvalue weighted by atomic mass is 35.5. The first kappa shape index (κ1) is 17.0. The largest absolute Gasteiger partial charge is 0.389 e. The van der Waals surface area contributed by atoms with Crippen LogP contribution in [-0.2, 0) is 10.0 Å². The van der Waals surface area contributed by atoms with Crippen LogP contribution in [0.5, 0.6) is 0 Å². The summed E-state index contributed by atoms with van der Waals surface area (Å²) in [6.45, 7) is 2.15. The molecular formula is C14H19Cl2NO3S. The summed E-state index contributed by atoms with van der Waals surface area (Å²) in [5.41, 5.74) is -0.962. The number of nitrogens with one attached hydrogen (secondary N) is 1. The Morgan fingerprint density at radius 2 is 1.90 bits per heavy atom. The molecule has 1 saturated carbocycles. The molecule has 0 heterocycles. The predicted molar refractivity (Wildman–Crippen MR) is 84.2 cm³/mol. The maximum atomic E-state index is 12.2. The van der Waals surface area contributed by atoms with Gasteiger partial charge in [-0.2, -0.15) is 0 Å². The van der Waals surface area contributed by atoms with Gasteiger partial charge in [-0.3, -0.25) is 0 Å². The van der Waals surface area contributed by atoms with Gasteiger partial charge in [0.05, 0.1) is 20.5 Å². The molecule has 0 unspecified atom stereocenters. The van der Waals surface area contributed by atoms with E-state index in [1.807, 2.05) is 0 Å². The molecule has 21 heavy (non-hydrogen) atoms. The fraction of sp³-hybridized carbons (Fsp3) is 0.571. The highest BCUT2D eigenvalue weighted by Crippen LogP contribution is 2.31. The van der Waals surface area contributed by atoms with Crippen LogP contribution in [0.25, 0.3) is 0 Å². The second-order valence-electron chi connectivity index (χ2n) is 5.81. The Morgan fingerprint density at radius 1 is 1.29 bits per heavy atom. The van der Waals surface area contributed by atoms with Gasteiger partial charge in [0.2, 0.25) is 10.0 Å². The molecule has 1 aromatic carbocycles. The molecule has 1 fully saturated rings. The average Bonchev–Trinajstić information content (AvgIpc) is 2.43. The Labute approximate surface area is 135 Å². The lowest BCUT2D eigenvalue weighted by Crippen LogP contribution is -2.45. The minimum atomic E-state index is -3.70. The molecule has 0 radical (unpaired) electrons. The van der Waals surface area contributed by atoms with Crippen molar-refractivity contribution in [2.45, 2.75) is 43.1 Å². The lowest BCUT2D eigenvalue weighted by molar-refractivity contribution is -0.00182. The number of rotatable bonds is 4. The molecule has 0 spiro atoms. The third kappa shape index (κ3) is 4.33. The fourth-order valence-electron chi connectivity index (χ4n) is 2.43. The van der Waals surface area contributed by atoms with E-state index in [-0.39, 0.29) is 16.5 Å². The highest BCUT2D eigenvalue weighted by molar-refractivity contribution is 7.89. The first-order valence-electron chi connectivity index (χ1n) is 6.89. The molecule has 118 valence electrons. The standard InChI is InChI=1S/C14H19Cl2NO3S/c1-10-4-6-14(18,7-5-10)9-17-21(19,20)11-2-3-12(15)13(16)8-11/h2-3,8,10,17-18H,4-7,9H2,1H3. The zero-order valence-electron chi connectivity index (χ0n) is 11.8. The van der Waals surface area contributed by atoms with Crippen molar-refractivity contribution >= 4 is 33.2 Å². The molecule has 0 bridgehead atoms. The molecule has 0 amide bonds. The summed E-state index contributed by atoms with van der Waals surface area (Å²) >= 11 is 11.6. The monoisotopic (exact) mass is 351 g/mol. The van der Waals surface area contributed by atoms with Crippen LogP contribution < -0.4 is 4.72 Å². The van der Waals surface area contributed by atoms with Crippen LogP contribution in [-0.4, -0.2) is 25.7 Å². The van der Waals surface area contributed by atoms with Crippen LogP contribution in [0.2, 0.25) is 10.0 Å². The SMILES string of the molecule is CC1CCC(O)(CNS(=O)(=O)c2ccc(Cl)c(Cl)c2)CC1. The van der Waals surface area contributed by atoms with Crippen molar-refractivity contribution in [2.75, 3.05) is 6.54 Å². The second-order valence-corrected chi connectivity index (χ2v) is 8.39. The van der Waals surface area contributed by atoms with E-state index in [9.17, 15) is 13.5 Å². The molecule has 0 atom stereocenters. The van der Waals surface area contributed by atoms with E-state index in [4.69, 9.17) is 23.2 Å². The zero-order chi connectivity index (χ0) is 15.7. The van der Waals surface area contributed by atoms with Gasteiger partial charge in [-0.05, 0) is 49.8 Å². The van der Waals surface area contributed by atoms with Crippen LogP contribution in [0.1, 0.15) is 32.6 Å². The van der Waals surface area contributed by atoms with E-state index < -0.39 is 15.6 Å². The van der Waals surface area contributed by atoms with E-state index in [0.29, 0.717) is 23.8 Å². The molecule has 1 aromatic rings. The average molecular weight is 352 g/mol. The number of sulfonamides is 1. The van der Waals surface area contributed by atoms with Gasteiger partial charge < -0.3 is 5.11 Å². The van der Waals surface area contributed by atoms with E-state index in [2.05, 4.69) is 11.6 Å². The van der Waals surface area contributed by atoms with Crippen molar-refractivity contribution in [3.8, 4) is 0 Å². The molecule has 2 N–H and O–H groups in total. The Morgan fingerprint density at radius 3 is 2.48 bits per heavy atom. The highest BCUT2D eigenvalue weighted by Gasteiger charge is 2.33. The van der Waals surface area contributed by atoms with Gasteiger partial charge >= 0.3 is 0 Å². The summed E-state index contributed by atoms with van der Waals surface area (Å²) in [7, 11) is -3.70. The summed E-state index contributed by atoms with van der Waals surface area (Å²) in [5.74, 6) is 0.581. The Kier molecular flexibility index (Phi) is 5.21. The van der Waals surface area contributed by atoms with E-state index in [1.54, 1.807) is 0 Å². The molecular weight excluding hydrogens is 333 g/mol. The van der Waals surface area contributed by atoms with Crippen molar-refractivity contribution in [3.05, 3.63) is 28.2 Å². The van der Waals surface area contributed by atoms with Gasteiger partial charge in [0.15, 0.2) is 0 Å². The normalized spacial score (nSPS) is 26.8. The van der Waals surface area contributed by atoms with E-state index in [1.165, 1.54) is 18.2 Å². The molecule has 0 saturated heterocycles. The fourth-order valence-corrected chi connectivity index (χ4v) is 3.94. The molecule has 1 aliphatic rings. The number of hydrogen-bond acceptors (Lipinski definition) is 3. The van der Waals surface area contributed by atoms with Crippen LogP contribution in [0.15, 0.2) is 23.1 Å². The Bertz CT molecular complexity index is 611. The molecule has 4 nitrogen and oxygen atoms in total. The molecule has 2 rings (SSSR count). The van der Waals surface area contributed by atoms with Gasteiger partial charge in [-0.1, -0.05) is 30.1 Å². The molecule has 0 aliphatic heterocycles. The predicted octanol–water partition coefficient (Wildman–Crippen LogP) is 3.21. The molecule has 0 aromatic heterocycles. The lowest BCUT2D eigenvalue weighted by Gasteiger charge is -2.34. The minimum absolute atomic E-state index is 0.0162. The molecule has 1 aliphatic carbocycles. The first-order valence-corrected chi connectivity index (χ1v) is 9.13. The quantitative estimate of drug-likeness (QED) is 0.874. The Hall–Kier alpha value is -0.330. The number of hydrogen-bond donors (Lipinski definition) is 2. The summed E-state index contributed by atoms with van der Waals surface area (Å²) in [6.07, 6.45) is 3.03.